The number of hydrogen-bond donors (Lipinski definition) is 4. The maximum Gasteiger partial charge on any atom is 0.319 e. The van der Waals surface area contributed by atoms with Crippen LogP contribution in [0.3, 0.4) is 0 Å². The number of anilines is 1. The zero-order valence-electron chi connectivity index (χ0n) is 16.9. The average molecular weight is 443 g/mol. The maximum atomic E-state index is 12.9. The van der Waals surface area contributed by atoms with Gasteiger partial charge < -0.3 is 26.0 Å². The molecule has 162 valence electrons. The van der Waals surface area contributed by atoms with Crippen molar-refractivity contribution in [1.82, 2.24) is 15.5 Å². The lowest BCUT2D eigenvalue weighted by Crippen LogP contribution is -2.61. The zero-order valence-corrected chi connectivity index (χ0v) is 17.6. The Bertz CT molecular complexity index is 1030. The summed E-state index contributed by atoms with van der Waals surface area (Å²) >= 11 is 5.99. The van der Waals surface area contributed by atoms with E-state index < -0.39 is 18.1 Å². The van der Waals surface area contributed by atoms with E-state index in [0.717, 1.165) is 11.1 Å². The molecule has 2 saturated heterocycles. The predicted molar refractivity (Wildman–Crippen MR) is 116 cm³/mol. The molecule has 2 heterocycles. The number of aryl methyl sites for hydroxylation is 1. The topological polar surface area (TPSA) is 111 Å². The van der Waals surface area contributed by atoms with Crippen LogP contribution in [0.2, 0.25) is 5.02 Å². The number of phenolic OH excluding ortho intramolecular Hbond substituents is 1. The third-order valence-corrected chi connectivity index (χ3v) is 5.90. The molecule has 0 bridgehead atoms. The fourth-order valence-electron chi connectivity index (χ4n) is 4.04. The Labute approximate surface area is 184 Å². The number of hydrogen-bond acceptors (Lipinski definition) is 4. The van der Waals surface area contributed by atoms with Crippen LogP contribution >= 0.6 is 11.6 Å². The van der Waals surface area contributed by atoms with Gasteiger partial charge in [0, 0.05) is 23.7 Å². The van der Waals surface area contributed by atoms with Gasteiger partial charge in [-0.1, -0.05) is 29.8 Å². The van der Waals surface area contributed by atoms with Crippen LogP contribution in [0.4, 0.5) is 10.5 Å². The van der Waals surface area contributed by atoms with Crippen LogP contribution in [0, 0.1) is 6.92 Å². The summed E-state index contributed by atoms with van der Waals surface area (Å²) in [4.78, 5) is 39.5. The van der Waals surface area contributed by atoms with Crippen LogP contribution in [0.1, 0.15) is 17.5 Å². The van der Waals surface area contributed by atoms with Gasteiger partial charge in [0.2, 0.25) is 11.8 Å². The van der Waals surface area contributed by atoms with Crippen LogP contribution in [0.15, 0.2) is 42.5 Å². The molecule has 2 aromatic carbocycles. The Morgan fingerprint density at radius 1 is 1.23 bits per heavy atom. The highest BCUT2D eigenvalue weighted by Gasteiger charge is 2.46. The minimum atomic E-state index is -0.671. The predicted octanol–water partition coefficient (Wildman–Crippen LogP) is 2.19. The van der Waals surface area contributed by atoms with Gasteiger partial charge in [-0.05, 0) is 48.7 Å². The van der Waals surface area contributed by atoms with Crippen molar-refractivity contribution >= 4 is 35.1 Å². The first-order valence-corrected chi connectivity index (χ1v) is 10.4. The van der Waals surface area contributed by atoms with Gasteiger partial charge in [-0.2, -0.15) is 0 Å². The minimum absolute atomic E-state index is 0.141. The van der Waals surface area contributed by atoms with Gasteiger partial charge in [-0.25, -0.2) is 4.79 Å². The summed E-state index contributed by atoms with van der Waals surface area (Å²) in [6, 6.07) is 9.73. The Morgan fingerprint density at radius 2 is 1.97 bits per heavy atom. The summed E-state index contributed by atoms with van der Waals surface area (Å²) < 4.78 is 0. The number of nitrogens with one attached hydrogen (secondary N) is 3. The van der Waals surface area contributed by atoms with Gasteiger partial charge >= 0.3 is 6.03 Å². The van der Waals surface area contributed by atoms with Crippen molar-refractivity contribution in [3.63, 3.8) is 0 Å². The number of aromatic hydroxyl groups is 1. The smallest absolute Gasteiger partial charge is 0.319 e. The number of nitrogens with zero attached hydrogens (tertiary/aromatic N) is 1. The van der Waals surface area contributed by atoms with E-state index >= 15 is 0 Å². The van der Waals surface area contributed by atoms with Gasteiger partial charge in [0.1, 0.15) is 17.8 Å². The quantitative estimate of drug-likeness (QED) is 0.581. The largest absolute Gasteiger partial charge is 0.508 e. The first-order chi connectivity index (χ1) is 14.8. The molecule has 0 aromatic heterocycles. The van der Waals surface area contributed by atoms with Crippen LogP contribution < -0.4 is 16.0 Å². The van der Waals surface area contributed by atoms with Gasteiger partial charge in [0.05, 0.1) is 6.04 Å². The van der Waals surface area contributed by atoms with E-state index in [1.807, 2.05) is 13.0 Å². The minimum Gasteiger partial charge on any atom is -0.508 e. The Morgan fingerprint density at radius 3 is 2.71 bits per heavy atom. The highest BCUT2D eigenvalue weighted by atomic mass is 35.5. The van der Waals surface area contributed by atoms with E-state index in [1.54, 1.807) is 41.3 Å². The van der Waals surface area contributed by atoms with Crippen LogP contribution in [0.5, 0.6) is 5.75 Å². The summed E-state index contributed by atoms with van der Waals surface area (Å²) in [5.74, 6) is -0.255. The molecule has 4 amide bonds. The molecule has 0 unspecified atom stereocenters. The van der Waals surface area contributed by atoms with E-state index in [9.17, 15) is 19.5 Å². The number of fused-ring (bicyclic) bond motifs is 1. The fraction of sp³-hybridized carbons (Fsp3) is 0.318. The molecule has 4 rings (SSSR count). The highest BCUT2D eigenvalue weighted by Crippen LogP contribution is 2.25. The highest BCUT2D eigenvalue weighted by molar-refractivity contribution is 6.31. The molecule has 0 saturated carbocycles. The van der Waals surface area contributed by atoms with Crippen molar-refractivity contribution < 1.29 is 19.5 Å². The van der Waals surface area contributed by atoms with Crippen molar-refractivity contribution in [1.29, 1.82) is 0 Å². The summed E-state index contributed by atoms with van der Waals surface area (Å²) in [5, 5.41) is 18.3. The number of benzene rings is 2. The van der Waals surface area contributed by atoms with E-state index in [-0.39, 0.29) is 30.2 Å². The number of urea groups is 1. The summed E-state index contributed by atoms with van der Waals surface area (Å²) in [5.41, 5.74) is 2.30. The number of rotatable bonds is 4. The zero-order chi connectivity index (χ0) is 22.1. The Kier molecular flexibility index (Phi) is 5.73. The molecule has 2 aliphatic rings. The first kappa shape index (κ1) is 21.0. The standard InChI is InChI=1S/C22H23ClN4O4/c1-12-2-5-14(23)9-17(12)26-22(31)24-15-10-19-20(29)25-18(21(30)27(19)11-15)8-13-3-6-16(28)7-4-13/h2-7,9,15,18-19,28H,8,10-11H2,1H3,(H,25,29)(H2,24,26,31)/t15-,18-,19-/m0/s1. The van der Waals surface area contributed by atoms with Crippen molar-refractivity contribution in [2.24, 2.45) is 0 Å². The monoisotopic (exact) mass is 442 g/mol. The number of carbonyl (C=O) groups excluding carboxylic acids is 3. The van der Waals surface area contributed by atoms with Crippen LogP contribution in [-0.4, -0.2) is 52.5 Å². The molecule has 0 radical (unpaired) electrons. The van der Waals surface area contributed by atoms with E-state index in [4.69, 9.17) is 11.6 Å². The lowest BCUT2D eigenvalue weighted by molar-refractivity contribution is -0.147. The Balaban J connectivity index is 1.38. The van der Waals surface area contributed by atoms with Gasteiger partial charge in [0.25, 0.3) is 0 Å². The van der Waals surface area contributed by atoms with Crippen molar-refractivity contribution in [3.05, 3.63) is 58.6 Å². The third kappa shape index (κ3) is 4.59. The van der Waals surface area contributed by atoms with Gasteiger partial charge in [0.15, 0.2) is 0 Å². The molecular weight excluding hydrogens is 420 g/mol. The Hall–Kier alpha value is -3.26. The molecule has 2 fully saturated rings. The number of phenols is 1. The molecule has 0 spiro atoms. The second kappa shape index (κ2) is 8.47. The molecular formula is C22H23ClN4O4. The first-order valence-electron chi connectivity index (χ1n) is 10.0. The van der Waals surface area contributed by atoms with E-state index in [2.05, 4.69) is 16.0 Å². The summed E-state index contributed by atoms with van der Waals surface area (Å²) in [6.07, 6.45) is 0.687. The number of piperazine rings is 1. The average Bonchev–Trinajstić information content (AvgIpc) is 3.15. The van der Waals surface area contributed by atoms with Crippen molar-refractivity contribution in [2.45, 2.75) is 37.9 Å². The number of halogens is 1. The third-order valence-electron chi connectivity index (χ3n) is 5.66. The molecule has 3 atom stereocenters. The summed E-state index contributed by atoms with van der Waals surface area (Å²) in [6.45, 7) is 2.13. The normalized spacial score (nSPS) is 22.6. The van der Waals surface area contributed by atoms with E-state index in [0.29, 0.717) is 23.6 Å². The SMILES string of the molecule is Cc1ccc(Cl)cc1NC(=O)N[C@H]1C[C@H]2C(=O)N[C@@H](Cc3ccc(O)cc3)C(=O)N2C1. The maximum absolute atomic E-state index is 12.9. The summed E-state index contributed by atoms with van der Waals surface area (Å²) in [7, 11) is 0. The van der Waals surface area contributed by atoms with Crippen LogP contribution in [-0.2, 0) is 16.0 Å². The second-order valence-corrected chi connectivity index (χ2v) is 8.36. The molecule has 31 heavy (non-hydrogen) atoms. The molecule has 4 N–H and O–H groups in total. The van der Waals surface area contributed by atoms with Gasteiger partial charge in [-0.3, -0.25) is 9.59 Å². The molecule has 9 heteroatoms. The van der Waals surface area contributed by atoms with Crippen molar-refractivity contribution in [3.8, 4) is 5.75 Å². The number of amides is 4. The molecule has 2 aliphatic heterocycles. The van der Waals surface area contributed by atoms with Crippen LogP contribution in [0.25, 0.3) is 0 Å². The van der Waals surface area contributed by atoms with Crippen molar-refractivity contribution in [2.75, 3.05) is 11.9 Å². The number of carbonyl (C=O) groups is 3. The molecule has 0 aliphatic carbocycles. The van der Waals surface area contributed by atoms with E-state index in [1.165, 1.54) is 0 Å². The molecule has 8 nitrogen and oxygen atoms in total. The second-order valence-electron chi connectivity index (χ2n) is 7.93. The van der Waals surface area contributed by atoms with Gasteiger partial charge in [-0.15, -0.1) is 0 Å². The lowest BCUT2D eigenvalue weighted by atomic mass is 10.0. The lowest BCUT2D eigenvalue weighted by Gasteiger charge is -2.34. The molecule has 2 aromatic rings. The fourth-order valence-corrected chi connectivity index (χ4v) is 4.21.